The van der Waals surface area contributed by atoms with Crippen LogP contribution in [0.3, 0.4) is 0 Å². The minimum Gasteiger partial charge on any atom is -0.409 e. The van der Waals surface area contributed by atoms with Gasteiger partial charge in [0.2, 0.25) is 0 Å². The highest BCUT2D eigenvalue weighted by molar-refractivity contribution is 6.74. The van der Waals surface area contributed by atoms with Crippen molar-refractivity contribution in [3.05, 3.63) is 23.8 Å². The third kappa shape index (κ3) is 4.52. The Kier molecular flexibility index (Phi) is 6.99. The van der Waals surface area contributed by atoms with E-state index in [0.29, 0.717) is 0 Å². The zero-order valence-corrected chi connectivity index (χ0v) is 20.5. The molecule has 2 aliphatic heterocycles. The average molecular weight is 404 g/mol. The lowest BCUT2D eigenvalue weighted by Crippen LogP contribution is -2.62. The van der Waals surface area contributed by atoms with Gasteiger partial charge in [-0.2, -0.15) is 0 Å². The highest BCUT2D eigenvalue weighted by atomic mass is 28.4. The second-order valence-corrected chi connectivity index (χ2v) is 15.8. The lowest BCUT2D eigenvalue weighted by atomic mass is 9.70. The van der Waals surface area contributed by atoms with Crippen molar-refractivity contribution in [2.45, 2.75) is 128 Å². The minimum absolute atomic E-state index is 0.221. The molecule has 0 radical (unpaired) electrons. The maximum Gasteiger partial charge on any atom is 0.192 e. The molecule has 0 unspecified atom stereocenters. The van der Waals surface area contributed by atoms with E-state index in [1.165, 1.54) is 64.2 Å². The molecule has 3 aliphatic rings. The molecule has 2 heterocycles. The zero-order chi connectivity index (χ0) is 20.4. The van der Waals surface area contributed by atoms with Crippen molar-refractivity contribution in [1.29, 1.82) is 0 Å². The van der Waals surface area contributed by atoms with E-state index in [-0.39, 0.29) is 16.7 Å². The molecule has 1 saturated heterocycles. The molecule has 3 rings (SSSR count). The van der Waals surface area contributed by atoms with Crippen molar-refractivity contribution in [1.82, 2.24) is 4.90 Å². The Labute approximate surface area is 175 Å². The molecule has 3 atom stereocenters. The molecule has 3 heteroatoms. The molecule has 2 nitrogen and oxygen atoms in total. The fourth-order valence-corrected chi connectivity index (χ4v) is 6.56. The molecule has 0 N–H and O–H groups in total. The van der Waals surface area contributed by atoms with E-state index in [2.05, 4.69) is 63.9 Å². The quantitative estimate of drug-likeness (QED) is 0.252. The van der Waals surface area contributed by atoms with Crippen molar-refractivity contribution >= 4 is 8.32 Å². The van der Waals surface area contributed by atoms with Crippen LogP contribution in [0.1, 0.15) is 91.9 Å². The molecule has 0 aromatic heterocycles. The van der Waals surface area contributed by atoms with Gasteiger partial charge in [0.05, 0.1) is 11.6 Å². The van der Waals surface area contributed by atoms with Gasteiger partial charge in [0.25, 0.3) is 0 Å². The van der Waals surface area contributed by atoms with E-state index in [1.807, 2.05) is 0 Å². The smallest absolute Gasteiger partial charge is 0.192 e. The van der Waals surface area contributed by atoms with E-state index in [0.717, 1.165) is 12.6 Å². The van der Waals surface area contributed by atoms with Crippen LogP contribution < -0.4 is 0 Å². The zero-order valence-electron chi connectivity index (χ0n) is 19.5. The van der Waals surface area contributed by atoms with Crippen molar-refractivity contribution in [2.75, 3.05) is 6.54 Å². The van der Waals surface area contributed by atoms with E-state index in [4.69, 9.17) is 4.43 Å². The van der Waals surface area contributed by atoms with Gasteiger partial charge in [0, 0.05) is 12.6 Å². The topological polar surface area (TPSA) is 12.5 Å². The van der Waals surface area contributed by atoms with Gasteiger partial charge in [-0.05, 0) is 56.7 Å². The number of rotatable bonds is 7. The fourth-order valence-electron chi connectivity index (χ4n) is 5.29. The Bertz CT molecular complexity index is 588. The summed E-state index contributed by atoms with van der Waals surface area (Å²) < 4.78 is 6.85. The predicted octanol–water partition coefficient (Wildman–Crippen LogP) is 7.23. The van der Waals surface area contributed by atoms with Gasteiger partial charge >= 0.3 is 0 Å². The monoisotopic (exact) mass is 403 g/mol. The van der Waals surface area contributed by atoms with Gasteiger partial charge in [0.15, 0.2) is 8.32 Å². The molecule has 0 aromatic carbocycles. The van der Waals surface area contributed by atoms with E-state index in [9.17, 15) is 0 Å². The van der Waals surface area contributed by atoms with Crippen LogP contribution in [-0.2, 0) is 4.43 Å². The standard InChI is InChI=1S/C25H45NOSi/c1-7-8-9-10-14-22-16-15-21-13-11-12-18-25(21)19-17-23(20-26(22)25)27-28(5,6)24(2,3)4/h13,17,19,22-23H,7-12,14-16,18,20H2,1-6H3/t22-,23+,25-/m1/s1. The Morgan fingerprint density at radius 3 is 2.71 bits per heavy atom. The maximum absolute atomic E-state index is 6.85. The van der Waals surface area contributed by atoms with Crippen molar-refractivity contribution < 1.29 is 4.43 Å². The van der Waals surface area contributed by atoms with E-state index in [1.54, 1.807) is 5.57 Å². The number of nitrogens with zero attached hydrogens (tertiary/aromatic N) is 1. The Morgan fingerprint density at radius 1 is 1.21 bits per heavy atom. The molecule has 28 heavy (non-hydrogen) atoms. The maximum atomic E-state index is 6.85. The van der Waals surface area contributed by atoms with Crippen LogP contribution in [0.2, 0.25) is 18.1 Å². The molecule has 0 aromatic rings. The molecule has 0 bridgehead atoms. The molecule has 0 amide bonds. The molecule has 1 spiro atoms. The first-order chi connectivity index (χ1) is 13.2. The highest BCUT2D eigenvalue weighted by Crippen LogP contribution is 2.47. The fraction of sp³-hybridized carbons (Fsp3) is 0.840. The molecule has 0 saturated carbocycles. The van der Waals surface area contributed by atoms with Crippen LogP contribution in [0.5, 0.6) is 0 Å². The summed E-state index contributed by atoms with van der Waals surface area (Å²) in [4.78, 5) is 2.89. The van der Waals surface area contributed by atoms with Crippen LogP contribution >= 0.6 is 0 Å². The summed E-state index contributed by atoms with van der Waals surface area (Å²) in [6.07, 6.45) is 21.3. The third-order valence-electron chi connectivity index (χ3n) is 8.02. The van der Waals surface area contributed by atoms with E-state index < -0.39 is 8.32 Å². The van der Waals surface area contributed by atoms with Crippen molar-refractivity contribution in [3.63, 3.8) is 0 Å². The van der Waals surface area contributed by atoms with Gasteiger partial charge in [-0.15, -0.1) is 0 Å². The average Bonchev–Trinajstić information content (AvgIpc) is 2.63. The first-order valence-electron chi connectivity index (χ1n) is 12.0. The molecule has 1 aliphatic carbocycles. The minimum atomic E-state index is -1.75. The van der Waals surface area contributed by atoms with Crippen LogP contribution in [0.25, 0.3) is 0 Å². The van der Waals surface area contributed by atoms with Gasteiger partial charge in [0.1, 0.15) is 0 Å². The van der Waals surface area contributed by atoms with Crippen LogP contribution in [0.4, 0.5) is 0 Å². The summed E-state index contributed by atoms with van der Waals surface area (Å²) in [5.74, 6) is 0. The second kappa shape index (κ2) is 8.77. The number of allylic oxidation sites excluding steroid dienone is 1. The summed E-state index contributed by atoms with van der Waals surface area (Å²) in [5.41, 5.74) is 1.93. The van der Waals surface area contributed by atoms with Crippen LogP contribution in [-0.4, -0.2) is 37.4 Å². The Hall–Kier alpha value is -0.383. The van der Waals surface area contributed by atoms with Gasteiger partial charge in [-0.25, -0.2) is 0 Å². The van der Waals surface area contributed by atoms with Crippen molar-refractivity contribution in [2.24, 2.45) is 0 Å². The molecule has 1 fully saturated rings. The summed E-state index contributed by atoms with van der Waals surface area (Å²) >= 11 is 0. The second-order valence-electron chi connectivity index (χ2n) is 11.0. The van der Waals surface area contributed by atoms with E-state index >= 15 is 0 Å². The van der Waals surface area contributed by atoms with Gasteiger partial charge < -0.3 is 4.43 Å². The SMILES string of the molecule is CCCCCC[C@@H]1CCC2=CCCC[C@@]23C=C[C@H](O[Si](C)(C)C(C)(C)C)CN13. The molecular weight excluding hydrogens is 358 g/mol. The van der Waals surface area contributed by atoms with Gasteiger partial charge in [-0.3, -0.25) is 4.90 Å². The van der Waals surface area contributed by atoms with Gasteiger partial charge in [-0.1, -0.05) is 77.2 Å². The Morgan fingerprint density at radius 2 is 2.00 bits per heavy atom. The predicted molar refractivity (Wildman–Crippen MR) is 124 cm³/mol. The van der Waals surface area contributed by atoms with Crippen LogP contribution in [0.15, 0.2) is 23.8 Å². The number of unbranched alkanes of at least 4 members (excludes halogenated alkanes) is 3. The first-order valence-corrected chi connectivity index (χ1v) is 14.9. The summed E-state index contributed by atoms with van der Waals surface area (Å²) in [6.45, 7) is 15.3. The first kappa shape index (κ1) is 22.3. The normalized spacial score (nSPS) is 31.3. The number of hydrogen-bond donors (Lipinski definition) is 0. The lowest BCUT2D eigenvalue weighted by Gasteiger charge is -2.56. The Balaban J connectivity index is 1.79. The largest absolute Gasteiger partial charge is 0.409 e. The summed E-state index contributed by atoms with van der Waals surface area (Å²) in [6, 6.07) is 0.738. The number of piperidine rings is 1. The molecular formula is C25H45NOSi. The third-order valence-corrected chi connectivity index (χ3v) is 12.5. The number of hydrogen-bond acceptors (Lipinski definition) is 2. The summed E-state index contributed by atoms with van der Waals surface area (Å²) in [7, 11) is -1.75. The lowest BCUT2D eigenvalue weighted by molar-refractivity contribution is 0.0122. The van der Waals surface area contributed by atoms with Crippen LogP contribution in [0, 0.1) is 0 Å². The highest BCUT2D eigenvalue weighted by Gasteiger charge is 2.49. The molecule has 160 valence electrons. The summed E-state index contributed by atoms with van der Waals surface area (Å²) in [5, 5.41) is 0.271. The van der Waals surface area contributed by atoms with Crippen molar-refractivity contribution in [3.8, 4) is 0 Å².